The minimum absolute atomic E-state index is 0.175. The van der Waals surface area contributed by atoms with Gasteiger partial charge in [-0.1, -0.05) is 47.6 Å². The van der Waals surface area contributed by atoms with Crippen LogP contribution in [0.3, 0.4) is 0 Å². The Hall–Kier alpha value is -4.27. The highest BCUT2D eigenvalue weighted by Crippen LogP contribution is 2.58. The van der Waals surface area contributed by atoms with E-state index in [1.807, 2.05) is 6.07 Å². The number of aromatic nitrogens is 6. The molecule has 5 aromatic rings. The number of nitrogens with zero attached hydrogens (tertiary/aromatic N) is 7. The fourth-order valence-corrected chi connectivity index (χ4v) is 5.43. The fraction of sp³-hybridized carbons (Fsp3) is 0.269. The maximum Gasteiger partial charge on any atom is 0.280 e. The quantitative estimate of drug-likeness (QED) is 0.394. The lowest BCUT2D eigenvalue weighted by Gasteiger charge is -2.22. The minimum atomic E-state index is -0.175. The van der Waals surface area contributed by atoms with Gasteiger partial charge in [0.2, 0.25) is 5.89 Å². The van der Waals surface area contributed by atoms with E-state index in [2.05, 4.69) is 73.5 Å². The summed E-state index contributed by atoms with van der Waals surface area (Å²) < 4.78 is 8.66. The van der Waals surface area contributed by atoms with E-state index in [9.17, 15) is 4.79 Å². The maximum absolute atomic E-state index is 12.8. The Labute approximate surface area is 200 Å². The first-order chi connectivity index (χ1) is 17.2. The Balaban J connectivity index is 1.05. The van der Waals surface area contributed by atoms with Gasteiger partial charge in [-0.15, -0.1) is 0 Å². The van der Waals surface area contributed by atoms with Gasteiger partial charge in [0.05, 0.1) is 6.33 Å². The molecule has 3 aromatic heterocycles. The molecule has 0 N–H and O–H groups in total. The molecule has 4 heterocycles. The molecule has 0 bridgehead atoms. The lowest BCUT2D eigenvalue weighted by molar-refractivity contribution is 0.363. The zero-order valence-electron chi connectivity index (χ0n) is 19.2. The second-order valence-corrected chi connectivity index (χ2v) is 9.43. The van der Waals surface area contributed by atoms with E-state index in [0.29, 0.717) is 34.8 Å². The molecule has 2 aliphatic rings. The number of hydrogen-bond acceptors (Lipinski definition) is 7. The summed E-state index contributed by atoms with van der Waals surface area (Å²) in [5, 5.41) is 4.25. The summed E-state index contributed by atoms with van der Waals surface area (Å²) in [6.07, 6.45) is 3.07. The predicted octanol–water partition coefficient (Wildman–Crippen LogP) is 3.08. The zero-order chi connectivity index (χ0) is 23.5. The van der Waals surface area contributed by atoms with Crippen LogP contribution in [0.5, 0.6) is 0 Å². The van der Waals surface area contributed by atoms with Crippen molar-refractivity contribution in [3.8, 4) is 11.1 Å². The number of fused-ring (bicyclic) bond motifs is 2. The molecule has 9 nitrogen and oxygen atoms in total. The third kappa shape index (κ3) is 3.34. The van der Waals surface area contributed by atoms with Gasteiger partial charge in [0.25, 0.3) is 5.56 Å². The molecule has 1 aliphatic carbocycles. The maximum atomic E-state index is 12.8. The molecule has 0 radical (unpaired) electrons. The molecule has 2 atom stereocenters. The largest absolute Gasteiger partial charge is 0.371 e. The molecule has 174 valence electrons. The van der Waals surface area contributed by atoms with E-state index in [4.69, 9.17) is 4.52 Å². The summed E-state index contributed by atoms with van der Waals surface area (Å²) in [6, 6.07) is 19.2. The van der Waals surface area contributed by atoms with Gasteiger partial charge in [0.15, 0.2) is 17.0 Å². The Morgan fingerprint density at radius 2 is 1.74 bits per heavy atom. The van der Waals surface area contributed by atoms with Gasteiger partial charge in [-0.2, -0.15) is 4.98 Å². The second kappa shape index (κ2) is 7.63. The number of hydrogen-bond donors (Lipinski definition) is 0. The van der Waals surface area contributed by atoms with Crippen LogP contribution >= 0.6 is 0 Å². The molecular formula is C26H23N7O2. The highest BCUT2D eigenvalue weighted by atomic mass is 16.5. The Morgan fingerprint density at radius 3 is 2.57 bits per heavy atom. The van der Waals surface area contributed by atoms with Crippen molar-refractivity contribution in [1.82, 2.24) is 29.2 Å². The number of aryl methyl sites for hydroxylation is 1. The molecule has 1 saturated heterocycles. The van der Waals surface area contributed by atoms with Gasteiger partial charge < -0.3 is 14.0 Å². The van der Waals surface area contributed by atoms with E-state index >= 15 is 0 Å². The van der Waals surface area contributed by atoms with Crippen molar-refractivity contribution in [3.05, 3.63) is 89.3 Å². The van der Waals surface area contributed by atoms with Crippen LogP contribution in [0.4, 0.5) is 5.69 Å². The van der Waals surface area contributed by atoms with E-state index < -0.39 is 0 Å². The first kappa shape index (κ1) is 20.1. The number of anilines is 1. The van der Waals surface area contributed by atoms with Crippen molar-refractivity contribution in [2.45, 2.75) is 12.5 Å². The second-order valence-electron chi connectivity index (χ2n) is 9.43. The van der Waals surface area contributed by atoms with Gasteiger partial charge in [-0.25, -0.2) is 9.97 Å². The van der Waals surface area contributed by atoms with Crippen LogP contribution in [-0.4, -0.2) is 42.3 Å². The van der Waals surface area contributed by atoms with Crippen LogP contribution in [0.25, 0.3) is 22.3 Å². The Kier molecular flexibility index (Phi) is 4.39. The molecule has 0 amide bonds. The third-order valence-electron chi connectivity index (χ3n) is 7.30. The first-order valence-electron chi connectivity index (χ1n) is 11.7. The first-order valence-corrected chi connectivity index (χ1v) is 11.7. The number of piperidine rings is 1. The molecule has 35 heavy (non-hydrogen) atoms. The minimum Gasteiger partial charge on any atom is -0.371 e. The van der Waals surface area contributed by atoms with Crippen molar-refractivity contribution in [2.24, 2.45) is 18.9 Å². The Morgan fingerprint density at radius 1 is 0.971 bits per heavy atom. The normalized spacial score (nSPS) is 20.9. The van der Waals surface area contributed by atoms with Gasteiger partial charge >= 0.3 is 0 Å². The highest BCUT2D eigenvalue weighted by molar-refractivity contribution is 5.69. The third-order valence-corrected chi connectivity index (χ3v) is 7.30. The molecule has 1 saturated carbocycles. The fourth-order valence-electron chi connectivity index (χ4n) is 5.43. The van der Waals surface area contributed by atoms with Crippen molar-refractivity contribution >= 4 is 16.9 Å². The number of benzene rings is 2. The van der Waals surface area contributed by atoms with Crippen molar-refractivity contribution in [1.29, 1.82) is 0 Å². The van der Waals surface area contributed by atoms with Crippen LogP contribution in [0.1, 0.15) is 17.6 Å². The Bertz CT molecular complexity index is 1590. The summed E-state index contributed by atoms with van der Waals surface area (Å²) in [4.78, 5) is 28.2. The summed E-state index contributed by atoms with van der Waals surface area (Å²) >= 11 is 0. The van der Waals surface area contributed by atoms with Crippen LogP contribution in [0, 0.1) is 11.8 Å². The summed E-state index contributed by atoms with van der Waals surface area (Å²) in [6.45, 7) is 2.16. The van der Waals surface area contributed by atoms with E-state index in [-0.39, 0.29) is 12.1 Å². The lowest BCUT2D eigenvalue weighted by atomic mass is 10.0. The molecule has 7 rings (SSSR count). The average molecular weight is 466 g/mol. The van der Waals surface area contributed by atoms with Crippen molar-refractivity contribution in [2.75, 3.05) is 18.0 Å². The van der Waals surface area contributed by atoms with Crippen LogP contribution in [-0.2, 0) is 13.6 Å². The van der Waals surface area contributed by atoms with Crippen molar-refractivity contribution < 1.29 is 4.52 Å². The SMILES string of the molecule is Cn1cnc2ncn(Cc3nc(C4C5CN(c6cccc(-c7ccccc7)c6)CC54)no3)c(=O)c21. The van der Waals surface area contributed by atoms with Gasteiger partial charge in [-0.05, 0) is 35.1 Å². The molecule has 2 aromatic carbocycles. The average Bonchev–Trinajstić information content (AvgIpc) is 3.30. The van der Waals surface area contributed by atoms with Gasteiger partial charge in [-0.3, -0.25) is 9.36 Å². The summed E-state index contributed by atoms with van der Waals surface area (Å²) in [5.74, 6) is 2.53. The zero-order valence-corrected chi connectivity index (χ0v) is 19.2. The van der Waals surface area contributed by atoms with Crippen LogP contribution in [0.15, 0.2) is 76.6 Å². The van der Waals surface area contributed by atoms with Crippen LogP contribution < -0.4 is 10.5 Å². The molecule has 0 spiro atoms. The summed E-state index contributed by atoms with van der Waals surface area (Å²) in [5.41, 5.74) is 4.44. The smallest absolute Gasteiger partial charge is 0.280 e. The highest BCUT2D eigenvalue weighted by Gasteiger charge is 2.58. The standard InChI is InChI=1S/C26H23N7O2/c1-31-14-27-25-23(31)26(34)33(15-28-25)13-21-29-24(30-35-21)22-19-11-32(12-20(19)22)18-9-5-8-17(10-18)16-6-3-2-4-7-16/h2-10,14-15,19-20,22H,11-13H2,1H3. The molecule has 2 fully saturated rings. The number of rotatable bonds is 5. The molecular weight excluding hydrogens is 442 g/mol. The summed E-state index contributed by atoms with van der Waals surface area (Å²) in [7, 11) is 1.78. The monoisotopic (exact) mass is 465 g/mol. The van der Waals surface area contributed by atoms with Gasteiger partial charge in [0.1, 0.15) is 12.9 Å². The van der Waals surface area contributed by atoms with E-state index in [0.717, 1.165) is 18.9 Å². The molecule has 1 aliphatic heterocycles. The van der Waals surface area contributed by atoms with Gasteiger partial charge in [0, 0.05) is 31.7 Å². The van der Waals surface area contributed by atoms with Crippen molar-refractivity contribution in [3.63, 3.8) is 0 Å². The topological polar surface area (TPSA) is 94.9 Å². The molecule has 9 heteroatoms. The van der Waals surface area contributed by atoms with E-state index in [1.54, 1.807) is 17.9 Å². The van der Waals surface area contributed by atoms with E-state index in [1.165, 1.54) is 27.7 Å². The predicted molar refractivity (Wildman–Crippen MR) is 130 cm³/mol. The number of imidazole rings is 1. The lowest BCUT2D eigenvalue weighted by Crippen LogP contribution is -2.24. The molecule has 2 unspecified atom stereocenters. The van der Waals surface area contributed by atoms with Crippen LogP contribution in [0.2, 0.25) is 0 Å².